The van der Waals surface area contributed by atoms with Crippen molar-refractivity contribution in [2.45, 2.75) is 24.8 Å². The van der Waals surface area contributed by atoms with E-state index in [0.29, 0.717) is 5.56 Å². The third kappa shape index (κ3) is 4.29. The molecule has 0 unspecified atom stereocenters. The van der Waals surface area contributed by atoms with Crippen LogP contribution < -0.4 is 4.72 Å². The fraction of sp³-hybridized carbons (Fsp3) is 0.200. The van der Waals surface area contributed by atoms with Gasteiger partial charge in [-0.15, -0.1) is 0 Å². The molecule has 0 aliphatic heterocycles. The third-order valence-corrected chi connectivity index (χ3v) is 5.69. The lowest BCUT2D eigenvalue weighted by Crippen LogP contribution is -2.34. The molecule has 0 radical (unpaired) electrons. The van der Waals surface area contributed by atoms with Gasteiger partial charge in [0.25, 0.3) is 0 Å². The quantitative estimate of drug-likeness (QED) is 0.468. The number of Topliss-reactive ketones (excluding diaryl/α,β-unsaturated/α-hetero) is 1. The minimum Gasteiger partial charge on any atom is -0.453 e. The molecule has 1 aromatic heterocycles. The summed E-state index contributed by atoms with van der Waals surface area (Å²) < 4.78 is 31.7. The standard InChI is InChI=1S/C20H20N2O5S/c1-13-7-9-15(10-8-13)28(25,26)22-12-19(23)27-14(2)20(24)17-11-21-18-6-4-3-5-16(17)18/h3-11,14,21-22H,12H2,1-2H3/t14-/m1/s1. The van der Waals surface area contributed by atoms with Crippen molar-refractivity contribution in [3.05, 3.63) is 65.9 Å². The van der Waals surface area contributed by atoms with Crippen LogP contribution in [0, 0.1) is 6.92 Å². The molecule has 1 atom stereocenters. The van der Waals surface area contributed by atoms with E-state index in [4.69, 9.17) is 4.74 Å². The van der Waals surface area contributed by atoms with E-state index in [9.17, 15) is 18.0 Å². The van der Waals surface area contributed by atoms with Gasteiger partial charge in [-0.05, 0) is 32.0 Å². The number of ether oxygens (including phenoxy) is 1. The number of sulfonamides is 1. The van der Waals surface area contributed by atoms with Gasteiger partial charge in [0.2, 0.25) is 15.8 Å². The Kier molecular flexibility index (Phi) is 5.62. The number of esters is 1. The summed E-state index contributed by atoms with van der Waals surface area (Å²) in [5.41, 5.74) is 2.13. The van der Waals surface area contributed by atoms with Gasteiger partial charge in [-0.3, -0.25) is 9.59 Å². The van der Waals surface area contributed by atoms with Gasteiger partial charge in [0.1, 0.15) is 6.54 Å². The molecular weight excluding hydrogens is 380 g/mol. The van der Waals surface area contributed by atoms with Crippen molar-refractivity contribution in [1.82, 2.24) is 9.71 Å². The molecule has 0 bridgehead atoms. The van der Waals surface area contributed by atoms with E-state index in [0.717, 1.165) is 16.5 Å². The lowest BCUT2D eigenvalue weighted by molar-refractivity contribution is -0.144. The van der Waals surface area contributed by atoms with Crippen LogP contribution in [0.3, 0.4) is 0 Å². The number of hydrogen-bond donors (Lipinski definition) is 2. The van der Waals surface area contributed by atoms with Crippen molar-refractivity contribution >= 4 is 32.7 Å². The van der Waals surface area contributed by atoms with Crippen LogP contribution in [0.25, 0.3) is 10.9 Å². The predicted molar refractivity (Wildman–Crippen MR) is 105 cm³/mol. The molecule has 0 amide bonds. The Morgan fingerprint density at radius 3 is 2.50 bits per heavy atom. The van der Waals surface area contributed by atoms with Crippen LogP contribution in [-0.4, -0.2) is 37.8 Å². The van der Waals surface area contributed by atoms with Crippen LogP contribution in [0.5, 0.6) is 0 Å². The smallest absolute Gasteiger partial charge is 0.321 e. The molecule has 7 nitrogen and oxygen atoms in total. The Balaban J connectivity index is 1.61. The number of ketones is 1. The largest absolute Gasteiger partial charge is 0.453 e. The zero-order valence-corrected chi connectivity index (χ0v) is 16.2. The van der Waals surface area contributed by atoms with Gasteiger partial charge in [0.05, 0.1) is 4.90 Å². The number of H-pyrrole nitrogens is 1. The molecule has 146 valence electrons. The molecule has 0 aliphatic carbocycles. The zero-order valence-electron chi connectivity index (χ0n) is 15.4. The second kappa shape index (κ2) is 7.95. The summed E-state index contributed by atoms with van der Waals surface area (Å²) in [6.45, 7) is 2.73. The summed E-state index contributed by atoms with van der Waals surface area (Å²) in [5, 5.41) is 0.732. The van der Waals surface area contributed by atoms with Crippen molar-refractivity contribution in [2.24, 2.45) is 0 Å². The van der Waals surface area contributed by atoms with E-state index in [1.807, 2.05) is 25.1 Å². The molecule has 0 saturated heterocycles. The molecule has 0 fully saturated rings. The highest BCUT2D eigenvalue weighted by atomic mass is 32.2. The van der Waals surface area contributed by atoms with Gasteiger partial charge >= 0.3 is 5.97 Å². The molecule has 8 heteroatoms. The van der Waals surface area contributed by atoms with Crippen molar-refractivity contribution in [2.75, 3.05) is 6.54 Å². The summed E-state index contributed by atoms with van der Waals surface area (Å²) in [6, 6.07) is 13.5. The molecule has 3 rings (SSSR count). The Labute approximate surface area is 162 Å². The van der Waals surface area contributed by atoms with E-state index >= 15 is 0 Å². The first kappa shape index (κ1) is 19.8. The van der Waals surface area contributed by atoms with Crippen molar-refractivity contribution in [1.29, 1.82) is 0 Å². The van der Waals surface area contributed by atoms with Crippen LogP contribution in [0.4, 0.5) is 0 Å². The number of hydrogen-bond acceptors (Lipinski definition) is 5. The molecule has 0 spiro atoms. The molecule has 3 aromatic rings. The van der Waals surface area contributed by atoms with Crippen LogP contribution in [0.1, 0.15) is 22.8 Å². The van der Waals surface area contributed by atoms with Gasteiger partial charge in [-0.1, -0.05) is 35.9 Å². The minimum atomic E-state index is -3.84. The summed E-state index contributed by atoms with van der Waals surface area (Å²) in [5.74, 6) is -1.21. The Hall–Kier alpha value is -2.97. The summed E-state index contributed by atoms with van der Waals surface area (Å²) >= 11 is 0. The number of carbonyl (C=O) groups excluding carboxylic acids is 2. The molecule has 2 aromatic carbocycles. The maximum atomic E-state index is 12.6. The molecule has 1 heterocycles. The van der Waals surface area contributed by atoms with Gasteiger partial charge < -0.3 is 9.72 Å². The number of nitrogens with one attached hydrogen (secondary N) is 2. The van der Waals surface area contributed by atoms with E-state index < -0.39 is 28.6 Å². The van der Waals surface area contributed by atoms with Crippen molar-refractivity contribution in [3.8, 4) is 0 Å². The summed E-state index contributed by atoms with van der Waals surface area (Å²) in [6.07, 6.45) is 0.521. The lowest BCUT2D eigenvalue weighted by Gasteiger charge is -2.12. The van der Waals surface area contributed by atoms with E-state index in [2.05, 4.69) is 9.71 Å². The minimum absolute atomic E-state index is 0.0498. The lowest BCUT2D eigenvalue weighted by atomic mass is 10.1. The third-order valence-electron chi connectivity index (χ3n) is 4.27. The van der Waals surface area contributed by atoms with Crippen LogP contribution in [0.2, 0.25) is 0 Å². The highest BCUT2D eigenvalue weighted by molar-refractivity contribution is 7.89. The van der Waals surface area contributed by atoms with E-state index in [1.165, 1.54) is 19.1 Å². The number of aromatic amines is 1. The first-order valence-electron chi connectivity index (χ1n) is 8.64. The summed E-state index contributed by atoms with van der Waals surface area (Å²) in [7, 11) is -3.84. The van der Waals surface area contributed by atoms with E-state index in [-0.39, 0.29) is 10.7 Å². The number of para-hydroxylation sites is 1. The van der Waals surface area contributed by atoms with Gasteiger partial charge in [0, 0.05) is 22.7 Å². The molecule has 28 heavy (non-hydrogen) atoms. The highest BCUT2D eigenvalue weighted by Crippen LogP contribution is 2.20. The van der Waals surface area contributed by atoms with Gasteiger partial charge in [-0.25, -0.2) is 8.42 Å². The van der Waals surface area contributed by atoms with Crippen molar-refractivity contribution < 1.29 is 22.7 Å². The Bertz CT molecular complexity index is 1120. The number of fused-ring (bicyclic) bond motifs is 1. The molecule has 2 N–H and O–H groups in total. The second-order valence-electron chi connectivity index (χ2n) is 6.38. The monoisotopic (exact) mass is 400 g/mol. The highest BCUT2D eigenvalue weighted by Gasteiger charge is 2.23. The van der Waals surface area contributed by atoms with Crippen LogP contribution in [0.15, 0.2) is 59.6 Å². The zero-order chi connectivity index (χ0) is 20.3. The maximum Gasteiger partial charge on any atom is 0.321 e. The van der Waals surface area contributed by atoms with Crippen molar-refractivity contribution in [3.63, 3.8) is 0 Å². The van der Waals surface area contributed by atoms with E-state index in [1.54, 1.807) is 24.4 Å². The average molecular weight is 400 g/mol. The fourth-order valence-electron chi connectivity index (χ4n) is 2.74. The number of aryl methyl sites for hydroxylation is 1. The molecular formula is C20H20N2O5S. The fourth-order valence-corrected chi connectivity index (χ4v) is 3.71. The Morgan fingerprint density at radius 1 is 1.11 bits per heavy atom. The SMILES string of the molecule is Cc1ccc(S(=O)(=O)NCC(=O)O[C@H](C)C(=O)c2c[nH]c3ccccc23)cc1. The average Bonchev–Trinajstić information content (AvgIpc) is 3.10. The number of benzene rings is 2. The van der Waals surface area contributed by atoms with Gasteiger partial charge in [-0.2, -0.15) is 4.72 Å². The normalized spacial score (nSPS) is 12.6. The van der Waals surface area contributed by atoms with Crippen LogP contribution in [-0.2, 0) is 19.6 Å². The first-order chi connectivity index (χ1) is 13.3. The molecule has 0 aliphatic rings. The number of aromatic nitrogens is 1. The number of carbonyl (C=O) groups is 2. The maximum absolute atomic E-state index is 12.6. The van der Waals surface area contributed by atoms with Crippen LogP contribution >= 0.6 is 0 Å². The topological polar surface area (TPSA) is 105 Å². The second-order valence-corrected chi connectivity index (χ2v) is 8.15. The molecule has 0 saturated carbocycles. The summed E-state index contributed by atoms with van der Waals surface area (Å²) in [4.78, 5) is 27.6. The van der Waals surface area contributed by atoms with Gasteiger partial charge in [0.15, 0.2) is 6.10 Å². The number of rotatable bonds is 7. The Morgan fingerprint density at radius 2 is 1.79 bits per heavy atom. The first-order valence-corrected chi connectivity index (χ1v) is 10.1. The predicted octanol–water partition coefficient (Wildman–Crippen LogP) is 2.57.